The fraction of sp³-hybridized carbons (Fsp3) is 0.455. The molecule has 0 aromatic carbocycles. The van der Waals surface area contributed by atoms with Crippen molar-refractivity contribution in [1.29, 1.82) is 0 Å². The van der Waals surface area contributed by atoms with E-state index in [0.29, 0.717) is 12.6 Å². The first-order chi connectivity index (χ1) is 7.90. The molecule has 0 atom stereocenters. The first kappa shape index (κ1) is 9.59. The van der Waals surface area contributed by atoms with Crippen molar-refractivity contribution >= 4 is 11.3 Å². The summed E-state index contributed by atoms with van der Waals surface area (Å²) < 4.78 is 1.81. The minimum Gasteiger partial charge on any atom is -0.395 e. The number of aliphatic hydroxyl groups is 1. The van der Waals surface area contributed by atoms with E-state index in [1.54, 1.807) is 12.4 Å². The summed E-state index contributed by atoms with van der Waals surface area (Å²) in [7, 11) is 0. The second kappa shape index (κ2) is 3.75. The van der Waals surface area contributed by atoms with Crippen LogP contribution in [0, 0.1) is 0 Å². The maximum atomic E-state index is 9.11. The molecule has 0 saturated heterocycles. The van der Waals surface area contributed by atoms with E-state index in [1.807, 2.05) is 16.8 Å². The van der Waals surface area contributed by atoms with Crippen molar-refractivity contribution in [3.8, 4) is 0 Å². The summed E-state index contributed by atoms with van der Waals surface area (Å²) in [6.45, 7) is 0.801. The Kier molecular flexibility index (Phi) is 2.25. The van der Waals surface area contributed by atoms with E-state index < -0.39 is 0 Å². The molecule has 0 unspecified atom stereocenters. The average Bonchev–Trinajstić information content (AvgIpc) is 3.02. The van der Waals surface area contributed by atoms with Crippen molar-refractivity contribution in [1.82, 2.24) is 14.6 Å². The molecule has 2 heterocycles. The maximum absolute atomic E-state index is 9.11. The zero-order chi connectivity index (χ0) is 11.0. The van der Waals surface area contributed by atoms with Crippen LogP contribution >= 0.6 is 0 Å². The van der Waals surface area contributed by atoms with E-state index in [2.05, 4.69) is 15.0 Å². The van der Waals surface area contributed by atoms with Crippen molar-refractivity contribution in [3.63, 3.8) is 0 Å². The van der Waals surface area contributed by atoms with Gasteiger partial charge in [0.2, 0.25) is 0 Å². The Morgan fingerprint density at radius 1 is 1.44 bits per heavy atom. The molecule has 2 aromatic heterocycles. The second-order valence-electron chi connectivity index (χ2n) is 4.06. The third-order valence-electron chi connectivity index (χ3n) is 2.90. The number of aliphatic hydroxyl groups excluding tert-OH is 1. The second-order valence-corrected chi connectivity index (χ2v) is 4.06. The lowest BCUT2D eigenvalue weighted by Gasteiger charge is -2.22. The monoisotopic (exact) mass is 218 g/mol. The van der Waals surface area contributed by atoms with Gasteiger partial charge in [-0.1, -0.05) is 0 Å². The average molecular weight is 218 g/mol. The molecule has 0 radical (unpaired) electrons. The molecule has 3 rings (SSSR count). The summed E-state index contributed by atoms with van der Waals surface area (Å²) in [5.74, 6) is 0.927. The lowest BCUT2D eigenvalue weighted by Crippen LogP contribution is -2.30. The normalized spacial score (nSPS) is 15.6. The lowest BCUT2D eigenvalue weighted by atomic mass is 10.4. The van der Waals surface area contributed by atoms with Crippen LogP contribution in [0.3, 0.4) is 0 Å². The van der Waals surface area contributed by atoms with Crippen LogP contribution < -0.4 is 4.90 Å². The van der Waals surface area contributed by atoms with Crippen LogP contribution in [0.25, 0.3) is 5.52 Å². The Morgan fingerprint density at radius 3 is 3.06 bits per heavy atom. The molecule has 1 fully saturated rings. The molecular weight excluding hydrogens is 204 g/mol. The molecule has 2 aromatic rings. The zero-order valence-electron chi connectivity index (χ0n) is 8.95. The molecule has 1 aliphatic carbocycles. The van der Waals surface area contributed by atoms with Crippen LogP contribution in [-0.2, 0) is 0 Å². The van der Waals surface area contributed by atoms with Crippen molar-refractivity contribution in [3.05, 3.63) is 24.7 Å². The molecule has 5 heteroatoms. The Morgan fingerprint density at radius 2 is 2.31 bits per heavy atom. The van der Waals surface area contributed by atoms with Gasteiger partial charge in [0.15, 0.2) is 5.82 Å². The van der Waals surface area contributed by atoms with Gasteiger partial charge in [-0.25, -0.2) is 9.50 Å². The smallest absolute Gasteiger partial charge is 0.155 e. The van der Waals surface area contributed by atoms with Gasteiger partial charge in [0.1, 0.15) is 5.52 Å². The Labute approximate surface area is 93.3 Å². The van der Waals surface area contributed by atoms with E-state index in [0.717, 1.165) is 11.3 Å². The molecule has 0 aliphatic heterocycles. The number of hydrogen-bond donors (Lipinski definition) is 1. The van der Waals surface area contributed by atoms with E-state index in [9.17, 15) is 0 Å². The van der Waals surface area contributed by atoms with Crippen molar-refractivity contribution in [2.45, 2.75) is 18.9 Å². The molecule has 1 aliphatic rings. The van der Waals surface area contributed by atoms with Crippen molar-refractivity contribution in [2.75, 3.05) is 18.1 Å². The lowest BCUT2D eigenvalue weighted by molar-refractivity contribution is 0.301. The van der Waals surface area contributed by atoms with Gasteiger partial charge in [0, 0.05) is 25.0 Å². The molecule has 0 spiro atoms. The van der Waals surface area contributed by atoms with Crippen molar-refractivity contribution in [2.24, 2.45) is 0 Å². The molecule has 5 nitrogen and oxygen atoms in total. The van der Waals surface area contributed by atoms with Crippen LogP contribution in [-0.4, -0.2) is 38.9 Å². The van der Waals surface area contributed by atoms with Gasteiger partial charge >= 0.3 is 0 Å². The fourth-order valence-electron chi connectivity index (χ4n) is 2.02. The molecular formula is C11H14N4O. The van der Waals surface area contributed by atoms with Gasteiger partial charge in [-0.2, -0.15) is 5.10 Å². The maximum Gasteiger partial charge on any atom is 0.155 e. The van der Waals surface area contributed by atoms with E-state index in [4.69, 9.17) is 5.11 Å². The molecule has 16 heavy (non-hydrogen) atoms. The van der Waals surface area contributed by atoms with Gasteiger partial charge in [0.05, 0.1) is 12.8 Å². The summed E-state index contributed by atoms with van der Waals surface area (Å²) in [5.41, 5.74) is 1.00. The van der Waals surface area contributed by atoms with E-state index >= 15 is 0 Å². The minimum atomic E-state index is 0.160. The number of nitrogens with zero attached hydrogens (tertiary/aromatic N) is 4. The highest BCUT2D eigenvalue weighted by Gasteiger charge is 2.30. The molecule has 84 valence electrons. The third kappa shape index (κ3) is 1.53. The van der Waals surface area contributed by atoms with Crippen LogP contribution in [0.2, 0.25) is 0 Å². The highest BCUT2D eigenvalue weighted by molar-refractivity contribution is 5.69. The Balaban J connectivity index is 2.04. The van der Waals surface area contributed by atoms with E-state index in [1.165, 1.54) is 12.8 Å². The van der Waals surface area contributed by atoms with Gasteiger partial charge in [0.25, 0.3) is 0 Å². The summed E-state index contributed by atoms with van der Waals surface area (Å²) in [5, 5.41) is 13.3. The first-order valence-electron chi connectivity index (χ1n) is 5.56. The number of anilines is 1. The van der Waals surface area contributed by atoms with Crippen LogP contribution in [0.15, 0.2) is 24.7 Å². The quantitative estimate of drug-likeness (QED) is 0.820. The molecule has 0 bridgehead atoms. The van der Waals surface area contributed by atoms with E-state index in [-0.39, 0.29) is 6.61 Å². The van der Waals surface area contributed by atoms with Gasteiger partial charge in [-0.15, -0.1) is 0 Å². The third-order valence-corrected chi connectivity index (χ3v) is 2.90. The van der Waals surface area contributed by atoms with Gasteiger partial charge in [-0.3, -0.25) is 0 Å². The number of aromatic nitrogens is 3. The minimum absolute atomic E-state index is 0.160. The van der Waals surface area contributed by atoms with Crippen LogP contribution in [0.1, 0.15) is 12.8 Å². The Bertz CT molecular complexity index is 491. The molecule has 1 N–H and O–H groups in total. The summed E-state index contributed by atoms with van der Waals surface area (Å²) in [4.78, 5) is 6.59. The highest BCUT2D eigenvalue weighted by Crippen LogP contribution is 2.32. The summed E-state index contributed by atoms with van der Waals surface area (Å²) >= 11 is 0. The largest absolute Gasteiger partial charge is 0.395 e. The highest BCUT2D eigenvalue weighted by atomic mass is 16.3. The first-order valence-corrected chi connectivity index (χ1v) is 5.56. The van der Waals surface area contributed by atoms with Crippen LogP contribution in [0.4, 0.5) is 5.82 Å². The summed E-state index contributed by atoms with van der Waals surface area (Å²) in [6, 6.07) is 2.50. The number of rotatable bonds is 4. The Hall–Kier alpha value is -1.62. The van der Waals surface area contributed by atoms with Gasteiger partial charge < -0.3 is 10.0 Å². The van der Waals surface area contributed by atoms with Gasteiger partial charge in [-0.05, 0) is 18.9 Å². The summed E-state index contributed by atoms with van der Waals surface area (Å²) in [6.07, 6.45) is 7.74. The predicted octanol–water partition coefficient (Wildman–Crippen LogP) is 0.690. The topological polar surface area (TPSA) is 53.7 Å². The zero-order valence-corrected chi connectivity index (χ0v) is 8.95. The van der Waals surface area contributed by atoms with Crippen LogP contribution in [0.5, 0.6) is 0 Å². The predicted molar refractivity (Wildman–Crippen MR) is 60.4 cm³/mol. The molecule has 1 saturated carbocycles. The fourth-order valence-corrected chi connectivity index (χ4v) is 2.02. The SMILES string of the molecule is OCCN(c1nccn2nccc12)C1CC1. The number of fused-ring (bicyclic) bond motifs is 1. The molecule has 0 amide bonds. The standard InChI is InChI=1S/C11H14N4O/c16-8-7-14(9-1-2-9)11-10-3-4-13-15(10)6-5-12-11/h3-6,9,16H,1-2,7-8H2. The van der Waals surface area contributed by atoms with Crippen molar-refractivity contribution < 1.29 is 5.11 Å². The number of hydrogen-bond acceptors (Lipinski definition) is 4.